The first-order valence-corrected chi connectivity index (χ1v) is 7.85. The van der Waals surface area contributed by atoms with E-state index in [1.54, 1.807) is 6.92 Å². The second-order valence-electron chi connectivity index (χ2n) is 5.45. The molecule has 0 saturated carbocycles. The Morgan fingerprint density at radius 1 is 0.900 bits per heavy atom. The molecule has 0 heterocycles. The maximum atomic E-state index is 13.7. The van der Waals surface area contributed by atoms with Crippen LogP contribution in [0.1, 0.15) is 63.9 Å². The van der Waals surface area contributed by atoms with Gasteiger partial charge in [0.2, 0.25) is 0 Å². The van der Waals surface area contributed by atoms with E-state index in [4.69, 9.17) is 0 Å². The minimum absolute atomic E-state index is 0.0212. The zero-order chi connectivity index (χ0) is 14.8. The van der Waals surface area contributed by atoms with E-state index in [0.717, 1.165) is 12.8 Å². The summed E-state index contributed by atoms with van der Waals surface area (Å²) in [4.78, 5) is 0. The molecule has 1 aromatic rings. The van der Waals surface area contributed by atoms with E-state index in [9.17, 15) is 8.78 Å². The van der Waals surface area contributed by atoms with Crippen LogP contribution in [-0.2, 0) is 0 Å². The molecule has 0 radical (unpaired) electrons. The van der Waals surface area contributed by atoms with Crippen molar-refractivity contribution in [3.8, 4) is 0 Å². The van der Waals surface area contributed by atoms with Crippen molar-refractivity contribution in [1.82, 2.24) is 0 Å². The second kappa shape index (κ2) is 9.73. The number of nitrogens with one attached hydrogen (secondary N) is 1. The van der Waals surface area contributed by atoms with Crippen LogP contribution in [0.5, 0.6) is 0 Å². The van der Waals surface area contributed by atoms with Gasteiger partial charge in [-0.3, -0.25) is 0 Å². The van der Waals surface area contributed by atoms with E-state index in [0.29, 0.717) is 12.1 Å². The van der Waals surface area contributed by atoms with Crippen molar-refractivity contribution in [2.75, 3.05) is 11.9 Å². The molecule has 20 heavy (non-hydrogen) atoms. The Hall–Kier alpha value is -1.12. The zero-order valence-electron chi connectivity index (χ0n) is 12.8. The average molecular weight is 283 g/mol. The monoisotopic (exact) mass is 283 g/mol. The fourth-order valence-corrected chi connectivity index (χ4v) is 2.29. The molecular formula is C17H27F2N. The van der Waals surface area contributed by atoms with E-state index in [-0.39, 0.29) is 5.69 Å². The summed E-state index contributed by atoms with van der Waals surface area (Å²) in [6, 6.07) is 2.78. The molecule has 0 aliphatic carbocycles. The normalized spacial score (nSPS) is 10.8. The van der Waals surface area contributed by atoms with Gasteiger partial charge in [0.25, 0.3) is 0 Å². The summed E-state index contributed by atoms with van der Waals surface area (Å²) >= 11 is 0. The van der Waals surface area contributed by atoms with E-state index < -0.39 is 11.6 Å². The van der Waals surface area contributed by atoms with Gasteiger partial charge in [0.1, 0.15) is 11.5 Å². The molecule has 114 valence electrons. The summed E-state index contributed by atoms with van der Waals surface area (Å²) in [5.74, 6) is -0.975. The number of hydrogen-bond acceptors (Lipinski definition) is 1. The van der Waals surface area contributed by atoms with Crippen LogP contribution in [0, 0.1) is 18.6 Å². The third kappa shape index (κ3) is 5.89. The first-order valence-electron chi connectivity index (χ1n) is 7.85. The maximum Gasteiger partial charge on any atom is 0.152 e. The fraction of sp³-hybridized carbons (Fsp3) is 0.647. The zero-order valence-corrected chi connectivity index (χ0v) is 12.8. The summed E-state index contributed by atoms with van der Waals surface area (Å²) in [6.45, 7) is 4.50. The molecule has 3 heteroatoms. The van der Waals surface area contributed by atoms with Crippen LogP contribution in [0.2, 0.25) is 0 Å². The minimum atomic E-state index is -0.507. The number of rotatable bonds is 10. The standard InChI is InChI=1S/C17H27F2N/c1-3-4-5-6-7-8-9-10-13-20-17-15(18)12-11-14(2)16(17)19/h11-12,20H,3-10,13H2,1-2H3. The van der Waals surface area contributed by atoms with Crippen molar-refractivity contribution in [2.24, 2.45) is 0 Å². The molecule has 0 saturated heterocycles. The van der Waals surface area contributed by atoms with Gasteiger partial charge in [-0.2, -0.15) is 0 Å². The quantitative estimate of drug-likeness (QED) is 0.533. The molecule has 0 aliphatic rings. The first-order chi connectivity index (χ1) is 9.66. The Kier molecular flexibility index (Phi) is 8.24. The molecule has 0 aromatic heterocycles. The SMILES string of the molecule is CCCCCCCCCCNc1c(F)ccc(C)c1F. The lowest BCUT2D eigenvalue weighted by Gasteiger charge is -2.10. The summed E-state index contributed by atoms with van der Waals surface area (Å²) in [5, 5.41) is 2.88. The molecule has 0 amide bonds. The Morgan fingerprint density at radius 2 is 1.50 bits per heavy atom. The van der Waals surface area contributed by atoms with Gasteiger partial charge in [-0.15, -0.1) is 0 Å². The third-order valence-corrected chi connectivity index (χ3v) is 3.62. The minimum Gasteiger partial charge on any atom is -0.380 e. The highest BCUT2D eigenvalue weighted by Gasteiger charge is 2.10. The Bertz CT molecular complexity index is 391. The van der Waals surface area contributed by atoms with Gasteiger partial charge >= 0.3 is 0 Å². The highest BCUT2D eigenvalue weighted by Crippen LogP contribution is 2.21. The molecule has 1 aromatic carbocycles. The largest absolute Gasteiger partial charge is 0.380 e. The van der Waals surface area contributed by atoms with Gasteiger partial charge in [-0.1, -0.05) is 57.9 Å². The Labute approximate surface area is 121 Å². The van der Waals surface area contributed by atoms with Gasteiger partial charge < -0.3 is 5.32 Å². The van der Waals surface area contributed by atoms with Crippen LogP contribution >= 0.6 is 0 Å². The summed E-state index contributed by atoms with van der Waals surface area (Å²) in [7, 11) is 0. The number of anilines is 1. The molecule has 0 atom stereocenters. The van der Waals surface area contributed by atoms with Gasteiger partial charge in [0, 0.05) is 6.54 Å². The summed E-state index contributed by atoms with van der Waals surface area (Å²) in [6.07, 6.45) is 9.80. The molecule has 0 bridgehead atoms. The van der Waals surface area contributed by atoms with Crippen molar-refractivity contribution in [3.63, 3.8) is 0 Å². The van der Waals surface area contributed by atoms with E-state index in [2.05, 4.69) is 12.2 Å². The van der Waals surface area contributed by atoms with Crippen molar-refractivity contribution < 1.29 is 8.78 Å². The number of aryl methyl sites for hydroxylation is 1. The van der Waals surface area contributed by atoms with Crippen molar-refractivity contribution in [2.45, 2.75) is 65.2 Å². The van der Waals surface area contributed by atoms with E-state index >= 15 is 0 Å². The molecule has 0 fully saturated rings. The number of benzene rings is 1. The third-order valence-electron chi connectivity index (χ3n) is 3.62. The first kappa shape index (κ1) is 16.9. The van der Waals surface area contributed by atoms with Crippen LogP contribution in [0.15, 0.2) is 12.1 Å². The average Bonchev–Trinajstić information content (AvgIpc) is 2.44. The summed E-state index contributed by atoms with van der Waals surface area (Å²) in [5.41, 5.74) is 0.498. The van der Waals surface area contributed by atoms with Gasteiger partial charge in [0.15, 0.2) is 5.82 Å². The number of unbranched alkanes of at least 4 members (excludes halogenated alkanes) is 7. The van der Waals surface area contributed by atoms with Crippen molar-refractivity contribution in [1.29, 1.82) is 0 Å². The van der Waals surface area contributed by atoms with Crippen LogP contribution in [0.4, 0.5) is 14.5 Å². The molecule has 0 spiro atoms. The topological polar surface area (TPSA) is 12.0 Å². The Morgan fingerprint density at radius 3 is 2.15 bits per heavy atom. The van der Waals surface area contributed by atoms with Crippen LogP contribution in [-0.4, -0.2) is 6.54 Å². The van der Waals surface area contributed by atoms with Crippen molar-refractivity contribution in [3.05, 3.63) is 29.3 Å². The van der Waals surface area contributed by atoms with Gasteiger partial charge in [-0.05, 0) is 25.0 Å². The summed E-state index contributed by atoms with van der Waals surface area (Å²) < 4.78 is 27.2. The maximum absolute atomic E-state index is 13.7. The lowest BCUT2D eigenvalue weighted by Crippen LogP contribution is -2.06. The smallest absolute Gasteiger partial charge is 0.152 e. The highest BCUT2D eigenvalue weighted by atomic mass is 19.1. The van der Waals surface area contributed by atoms with Crippen LogP contribution in [0.3, 0.4) is 0 Å². The van der Waals surface area contributed by atoms with Gasteiger partial charge in [-0.25, -0.2) is 8.78 Å². The fourth-order valence-electron chi connectivity index (χ4n) is 2.29. The second-order valence-corrected chi connectivity index (χ2v) is 5.45. The lowest BCUT2D eigenvalue weighted by atomic mass is 10.1. The van der Waals surface area contributed by atoms with E-state index in [1.807, 2.05) is 0 Å². The molecular weight excluding hydrogens is 256 g/mol. The predicted octanol–water partition coefficient (Wildman–Crippen LogP) is 5.83. The van der Waals surface area contributed by atoms with E-state index in [1.165, 1.54) is 50.7 Å². The lowest BCUT2D eigenvalue weighted by molar-refractivity contribution is 0.571. The van der Waals surface area contributed by atoms with Crippen molar-refractivity contribution >= 4 is 5.69 Å². The Balaban J connectivity index is 2.14. The predicted molar refractivity (Wildman–Crippen MR) is 82.2 cm³/mol. The highest BCUT2D eigenvalue weighted by molar-refractivity contribution is 5.48. The molecule has 0 unspecified atom stereocenters. The molecule has 0 aliphatic heterocycles. The number of hydrogen-bond donors (Lipinski definition) is 1. The van der Waals surface area contributed by atoms with Crippen LogP contribution in [0.25, 0.3) is 0 Å². The van der Waals surface area contributed by atoms with Gasteiger partial charge in [0.05, 0.1) is 0 Å². The number of halogens is 2. The molecule has 1 nitrogen and oxygen atoms in total. The molecule has 1 N–H and O–H groups in total. The van der Waals surface area contributed by atoms with Crippen LogP contribution < -0.4 is 5.32 Å². The molecule has 1 rings (SSSR count).